The Morgan fingerprint density at radius 2 is 1.50 bits per heavy atom. The van der Waals surface area contributed by atoms with Crippen LogP contribution in [-0.4, -0.2) is 29.8 Å². The molecule has 0 bridgehead atoms. The lowest BCUT2D eigenvalue weighted by Gasteiger charge is -2.35. The zero-order valence-corrected chi connectivity index (χ0v) is 14.5. The molecule has 1 aromatic carbocycles. The second kappa shape index (κ2) is 7.82. The second-order valence-electron chi connectivity index (χ2n) is 7.41. The van der Waals surface area contributed by atoms with Crippen LogP contribution in [0.4, 0.5) is 5.69 Å². The molecule has 4 nitrogen and oxygen atoms in total. The normalized spacial score (nSPS) is 25.3. The van der Waals surface area contributed by atoms with Gasteiger partial charge < -0.3 is 10.2 Å². The first kappa shape index (κ1) is 17.0. The van der Waals surface area contributed by atoms with Gasteiger partial charge in [0.2, 0.25) is 11.8 Å². The highest BCUT2D eigenvalue weighted by molar-refractivity contribution is 5.92. The monoisotopic (exact) mass is 328 g/mol. The number of benzene rings is 1. The first-order valence-electron chi connectivity index (χ1n) is 9.28. The molecule has 0 spiro atoms. The molecule has 1 heterocycles. The fourth-order valence-electron chi connectivity index (χ4n) is 3.86. The summed E-state index contributed by atoms with van der Waals surface area (Å²) in [5.41, 5.74) is 0.850. The summed E-state index contributed by atoms with van der Waals surface area (Å²) in [4.78, 5) is 27.1. The average molecular weight is 328 g/mol. The fourth-order valence-corrected chi connectivity index (χ4v) is 3.86. The molecule has 1 saturated carbocycles. The third kappa shape index (κ3) is 4.16. The van der Waals surface area contributed by atoms with Gasteiger partial charge in [-0.05, 0) is 56.6 Å². The predicted molar refractivity (Wildman–Crippen MR) is 95.5 cm³/mol. The van der Waals surface area contributed by atoms with Crippen LogP contribution in [0.3, 0.4) is 0 Å². The van der Waals surface area contributed by atoms with E-state index in [9.17, 15) is 9.59 Å². The molecule has 1 N–H and O–H groups in total. The molecule has 0 unspecified atom stereocenters. The maximum Gasteiger partial charge on any atom is 0.227 e. The summed E-state index contributed by atoms with van der Waals surface area (Å²) < 4.78 is 0. The predicted octanol–water partition coefficient (Wildman–Crippen LogP) is 3.69. The van der Waals surface area contributed by atoms with Gasteiger partial charge in [-0.1, -0.05) is 25.1 Å². The minimum Gasteiger partial charge on any atom is -0.342 e. The lowest BCUT2D eigenvalue weighted by Crippen LogP contribution is -2.42. The Kier molecular flexibility index (Phi) is 5.54. The first-order chi connectivity index (χ1) is 11.6. The van der Waals surface area contributed by atoms with Crippen molar-refractivity contribution < 1.29 is 9.59 Å². The molecule has 2 fully saturated rings. The topological polar surface area (TPSA) is 49.4 Å². The van der Waals surface area contributed by atoms with Crippen molar-refractivity contribution in [3.8, 4) is 0 Å². The van der Waals surface area contributed by atoms with Gasteiger partial charge in [0.25, 0.3) is 0 Å². The molecule has 0 radical (unpaired) electrons. The second-order valence-corrected chi connectivity index (χ2v) is 7.41. The van der Waals surface area contributed by atoms with Crippen LogP contribution < -0.4 is 5.32 Å². The maximum absolute atomic E-state index is 12.7. The van der Waals surface area contributed by atoms with Crippen molar-refractivity contribution in [2.45, 2.75) is 45.4 Å². The smallest absolute Gasteiger partial charge is 0.227 e. The zero-order valence-electron chi connectivity index (χ0n) is 14.5. The quantitative estimate of drug-likeness (QED) is 0.920. The zero-order chi connectivity index (χ0) is 16.9. The summed E-state index contributed by atoms with van der Waals surface area (Å²) in [5.74, 6) is 1.32. The highest BCUT2D eigenvalue weighted by Gasteiger charge is 2.33. The van der Waals surface area contributed by atoms with Gasteiger partial charge in [-0.3, -0.25) is 9.59 Å². The van der Waals surface area contributed by atoms with Gasteiger partial charge in [0.1, 0.15) is 0 Å². The Bertz CT molecular complexity index is 556. The molecule has 130 valence electrons. The van der Waals surface area contributed by atoms with Gasteiger partial charge in [-0.25, -0.2) is 0 Å². The van der Waals surface area contributed by atoms with Crippen LogP contribution in [0.25, 0.3) is 0 Å². The van der Waals surface area contributed by atoms with Crippen LogP contribution >= 0.6 is 0 Å². The summed E-state index contributed by atoms with van der Waals surface area (Å²) >= 11 is 0. The van der Waals surface area contributed by atoms with E-state index in [2.05, 4.69) is 17.1 Å². The summed E-state index contributed by atoms with van der Waals surface area (Å²) in [5, 5.41) is 2.99. The molecule has 4 heteroatoms. The Balaban J connectivity index is 1.47. The van der Waals surface area contributed by atoms with Crippen molar-refractivity contribution in [1.82, 2.24) is 4.90 Å². The number of amides is 2. The van der Waals surface area contributed by atoms with Gasteiger partial charge in [0, 0.05) is 30.6 Å². The molecule has 1 saturated heterocycles. The molecule has 1 aromatic rings. The molecule has 1 aliphatic heterocycles. The Hall–Kier alpha value is -1.84. The van der Waals surface area contributed by atoms with E-state index >= 15 is 0 Å². The van der Waals surface area contributed by atoms with Crippen LogP contribution in [0.15, 0.2) is 30.3 Å². The largest absolute Gasteiger partial charge is 0.342 e. The number of carbonyl (C=O) groups is 2. The number of carbonyl (C=O) groups excluding carboxylic acids is 2. The molecule has 0 atom stereocenters. The van der Waals surface area contributed by atoms with Crippen molar-refractivity contribution in [3.05, 3.63) is 30.3 Å². The van der Waals surface area contributed by atoms with Gasteiger partial charge in [-0.2, -0.15) is 0 Å². The first-order valence-corrected chi connectivity index (χ1v) is 9.28. The summed E-state index contributed by atoms with van der Waals surface area (Å²) in [7, 11) is 0. The number of nitrogens with zero attached hydrogens (tertiary/aromatic N) is 1. The molecule has 3 rings (SSSR count). The highest BCUT2D eigenvalue weighted by Crippen LogP contribution is 2.32. The number of likely N-dealkylation sites (tertiary alicyclic amines) is 1. The number of piperidine rings is 1. The third-order valence-electron chi connectivity index (χ3n) is 5.58. The average Bonchev–Trinajstić information content (AvgIpc) is 2.63. The van der Waals surface area contributed by atoms with Crippen molar-refractivity contribution in [2.24, 2.45) is 17.8 Å². The number of hydrogen-bond donors (Lipinski definition) is 1. The number of rotatable bonds is 3. The maximum atomic E-state index is 12.7. The summed E-state index contributed by atoms with van der Waals surface area (Å²) in [6.45, 7) is 4.08. The lowest BCUT2D eigenvalue weighted by molar-refractivity contribution is -0.139. The SMILES string of the molecule is CC1CCN(C(=O)C2CCC(C(=O)Nc3ccccc3)CC2)CC1. The number of nitrogens with one attached hydrogen (secondary N) is 1. The van der Waals surface area contributed by atoms with Gasteiger partial charge in [-0.15, -0.1) is 0 Å². The van der Waals surface area contributed by atoms with Crippen LogP contribution in [0.1, 0.15) is 45.4 Å². The van der Waals surface area contributed by atoms with E-state index in [0.29, 0.717) is 5.91 Å². The highest BCUT2D eigenvalue weighted by atomic mass is 16.2. The van der Waals surface area contributed by atoms with E-state index in [1.165, 1.54) is 0 Å². The standard InChI is InChI=1S/C20H28N2O2/c1-15-11-13-22(14-12-15)20(24)17-9-7-16(8-10-17)19(23)21-18-5-3-2-4-6-18/h2-6,15-17H,7-14H2,1H3,(H,21,23). The minimum absolute atomic E-state index is 0.0376. The molecule has 1 aliphatic carbocycles. The van der Waals surface area contributed by atoms with E-state index in [-0.39, 0.29) is 17.7 Å². The molecule has 0 aromatic heterocycles. The van der Waals surface area contributed by atoms with E-state index in [4.69, 9.17) is 0 Å². The Morgan fingerprint density at radius 3 is 2.12 bits per heavy atom. The van der Waals surface area contributed by atoms with Crippen molar-refractivity contribution in [2.75, 3.05) is 18.4 Å². The molecular weight excluding hydrogens is 300 g/mol. The minimum atomic E-state index is 0.0376. The fraction of sp³-hybridized carbons (Fsp3) is 0.600. The number of hydrogen-bond acceptors (Lipinski definition) is 2. The van der Waals surface area contributed by atoms with Gasteiger partial charge >= 0.3 is 0 Å². The molecule has 2 aliphatic rings. The Morgan fingerprint density at radius 1 is 0.917 bits per heavy atom. The van der Waals surface area contributed by atoms with Crippen LogP contribution in [0.5, 0.6) is 0 Å². The van der Waals surface area contributed by atoms with Gasteiger partial charge in [0.15, 0.2) is 0 Å². The van der Waals surface area contributed by atoms with Crippen LogP contribution in [-0.2, 0) is 9.59 Å². The van der Waals surface area contributed by atoms with E-state index < -0.39 is 0 Å². The van der Waals surface area contributed by atoms with E-state index in [1.54, 1.807) is 0 Å². The third-order valence-corrected chi connectivity index (χ3v) is 5.58. The van der Waals surface area contributed by atoms with Crippen molar-refractivity contribution in [3.63, 3.8) is 0 Å². The number of para-hydroxylation sites is 1. The molecule has 24 heavy (non-hydrogen) atoms. The summed E-state index contributed by atoms with van der Waals surface area (Å²) in [6.07, 6.45) is 5.58. The van der Waals surface area contributed by atoms with Crippen LogP contribution in [0.2, 0.25) is 0 Å². The lowest BCUT2D eigenvalue weighted by atomic mass is 9.80. The Labute approximate surface area is 144 Å². The van der Waals surface area contributed by atoms with E-state index in [1.807, 2.05) is 30.3 Å². The van der Waals surface area contributed by atoms with Crippen LogP contribution in [0, 0.1) is 17.8 Å². The number of anilines is 1. The molecule has 2 amide bonds. The molecular formula is C20H28N2O2. The van der Waals surface area contributed by atoms with Crippen molar-refractivity contribution in [1.29, 1.82) is 0 Å². The van der Waals surface area contributed by atoms with Crippen molar-refractivity contribution >= 4 is 17.5 Å². The van der Waals surface area contributed by atoms with Gasteiger partial charge in [0.05, 0.1) is 0 Å². The summed E-state index contributed by atoms with van der Waals surface area (Å²) in [6, 6.07) is 9.60. The van der Waals surface area contributed by atoms with E-state index in [0.717, 1.165) is 63.2 Å².